The quantitative estimate of drug-likeness (QED) is 0.780. The smallest absolute Gasteiger partial charge is 0.224 e. The number of aromatic nitrogens is 2. The average molecular weight is 309 g/mol. The number of aryl methyl sites for hydroxylation is 1. The summed E-state index contributed by atoms with van der Waals surface area (Å²) in [7, 11) is 0. The van der Waals surface area contributed by atoms with Crippen LogP contribution in [0.4, 0.5) is 5.69 Å². The van der Waals surface area contributed by atoms with Crippen molar-refractivity contribution in [3.63, 3.8) is 0 Å². The van der Waals surface area contributed by atoms with Gasteiger partial charge in [-0.1, -0.05) is 18.2 Å². The maximum Gasteiger partial charge on any atom is 0.224 e. The SMILES string of the molecule is O=C(CCc1csc(-c2cccnc2)n1)Nc1ccccc1. The summed E-state index contributed by atoms with van der Waals surface area (Å²) < 4.78 is 0. The van der Waals surface area contributed by atoms with E-state index >= 15 is 0 Å². The number of benzene rings is 1. The van der Waals surface area contributed by atoms with Crippen molar-refractivity contribution in [2.24, 2.45) is 0 Å². The van der Waals surface area contributed by atoms with Crippen LogP contribution in [0.25, 0.3) is 10.6 Å². The van der Waals surface area contributed by atoms with Crippen LogP contribution in [0.3, 0.4) is 0 Å². The molecule has 3 aromatic rings. The van der Waals surface area contributed by atoms with Crippen molar-refractivity contribution in [3.8, 4) is 10.6 Å². The second-order valence-electron chi connectivity index (χ2n) is 4.80. The zero-order chi connectivity index (χ0) is 15.2. The van der Waals surface area contributed by atoms with Gasteiger partial charge in [-0.25, -0.2) is 4.98 Å². The number of nitrogens with one attached hydrogen (secondary N) is 1. The zero-order valence-corrected chi connectivity index (χ0v) is 12.7. The Kier molecular flexibility index (Phi) is 4.56. The van der Waals surface area contributed by atoms with Crippen LogP contribution in [0.1, 0.15) is 12.1 Å². The zero-order valence-electron chi connectivity index (χ0n) is 11.9. The lowest BCUT2D eigenvalue weighted by molar-refractivity contribution is -0.116. The molecule has 0 aliphatic carbocycles. The summed E-state index contributed by atoms with van der Waals surface area (Å²) in [4.78, 5) is 20.6. The van der Waals surface area contributed by atoms with E-state index in [1.807, 2.05) is 47.8 Å². The van der Waals surface area contributed by atoms with E-state index in [1.165, 1.54) is 0 Å². The van der Waals surface area contributed by atoms with Crippen LogP contribution in [0.2, 0.25) is 0 Å². The third-order valence-corrected chi connectivity index (χ3v) is 4.07. The van der Waals surface area contributed by atoms with Gasteiger partial charge in [0.25, 0.3) is 0 Å². The molecule has 0 spiro atoms. The summed E-state index contributed by atoms with van der Waals surface area (Å²) in [6.45, 7) is 0. The number of pyridine rings is 1. The third kappa shape index (κ3) is 3.77. The van der Waals surface area contributed by atoms with Crippen molar-refractivity contribution in [1.82, 2.24) is 9.97 Å². The summed E-state index contributed by atoms with van der Waals surface area (Å²) in [5.74, 6) is 0.00197. The molecule has 0 aliphatic heterocycles. The number of anilines is 1. The first-order valence-electron chi connectivity index (χ1n) is 7.01. The van der Waals surface area contributed by atoms with Crippen LogP contribution in [0, 0.1) is 0 Å². The van der Waals surface area contributed by atoms with Crippen molar-refractivity contribution in [3.05, 3.63) is 65.9 Å². The standard InChI is InChI=1S/C17H15N3OS/c21-16(19-14-6-2-1-3-7-14)9-8-15-12-22-17(20-15)13-5-4-10-18-11-13/h1-7,10-12H,8-9H2,(H,19,21). The van der Waals surface area contributed by atoms with E-state index in [9.17, 15) is 4.79 Å². The molecular weight excluding hydrogens is 294 g/mol. The van der Waals surface area contributed by atoms with Gasteiger partial charge < -0.3 is 5.32 Å². The lowest BCUT2D eigenvalue weighted by Gasteiger charge is -2.03. The maximum absolute atomic E-state index is 11.9. The van der Waals surface area contributed by atoms with Gasteiger partial charge in [0.15, 0.2) is 0 Å². The second-order valence-corrected chi connectivity index (χ2v) is 5.66. The number of carbonyl (C=O) groups excluding carboxylic acids is 1. The summed E-state index contributed by atoms with van der Waals surface area (Å²) >= 11 is 1.58. The van der Waals surface area contributed by atoms with Gasteiger partial charge in [-0.15, -0.1) is 11.3 Å². The summed E-state index contributed by atoms with van der Waals surface area (Å²) in [5.41, 5.74) is 2.77. The molecule has 2 heterocycles. The minimum absolute atomic E-state index is 0.00197. The van der Waals surface area contributed by atoms with Gasteiger partial charge in [0.1, 0.15) is 5.01 Å². The predicted octanol–water partition coefficient (Wildman–Crippen LogP) is 3.78. The summed E-state index contributed by atoms with van der Waals surface area (Å²) in [5, 5.41) is 5.81. The average Bonchev–Trinajstić information content (AvgIpc) is 3.04. The third-order valence-electron chi connectivity index (χ3n) is 3.13. The molecule has 0 radical (unpaired) electrons. The van der Waals surface area contributed by atoms with Crippen LogP contribution in [-0.4, -0.2) is 15.9 Å². The maximum atomic E-state index is 11.9. The van der Waals surface area contributed by atoms with Crippen molar-refractivity contribution < 1.29 is 4.79 Å². The highest BCUT2D eigenvalue weighted by Gasteiger charge is 2.07. The highest BCUT2D eigenvalue weighted by atomic mass is 32.1. The highest BCUT2D eigenvalue weighted by Crippen LogP contribution is 2.23. The Morgan fingerprint density at radius 1 is 1.14 bits per heavy atom. The fourth-order valence-corrected chi connectivity index (χ4v) is 2.88. The Morgan fingerprint density at radius 2 is 2.00 bits per heavy atom. The molecule has 0 saturated carbocycles. The van der Waals surface area contributed by atoms with E-state index in [-0.39, 0.29) is 5.91 Å². The van der Waals surface area contributed by atoms with Crippen LogP contribution in [-0.2, 0) is 11.2 Å². The van der Waals surface area contributed by atoms with Crippen molar-refractivity contribution in [2.75, 3.05) is 5.32 Å². The first-order valence-corrected chi connectivity index (χ1v) is 7.89. The Balaban J connectivity index is 1.56. The monoisotopic (exact) mass is 309 g/mol. The molecule has 0 bridgehead atoms. The molecule has 1 amide bonds. The number of nitrogens with zero attached hydrogens (tertiary/aromatic N) is 2. The van der Waals surface area contributed by atoms with Crippen LogP contribution in [0.5, 0.6) is 0 Å². The lowest BCUT2D eigenvalue weighted by Crippen LogP contribution is -2.12. The molecular formula is C17H15N3OS. The number of amides is 1. The Hall–Kier alpha value is -2.53. The second kappa shape index (κ2) is 6.95. The number of hydrogen-bond donors (Lipinski definition) is 1. The van der Waals surface area contributed by atoms with Gasteiger partial charge in [0.2, 0.25) is 5.91 Å². The summed E-state index contributed by atoms with van der Waals surface area (Å²) in [6, 6.07) is 13.3. The Bertz CT molecular complexity index is 741. The van der Waals surface area contributed by atoms with E-state index in [2.05, 4.69) is 15.3 Å². The van der Waals surface area contributed by atoms with Gasteiger partial charge in [-0.3, -0.25) is 9.78 Å². The lowest BCUT2D eigenvalue weighted by atomic mass is 10.2. The van der Waals surface area contributed by atoms with E-state index < -0.39 is 0 Å². The molecule has 3 rings (SSSR count). The topological polar surface area (TPSA) is 54.9 Å². The van der Waals surface area contributed by atoms with E-state index in [1.54, 1.807) is 23.7 Å². The van der Waals surface area contributed by atoms with Gasteiger partial charge in [0, 0.05) is 35.4 Å². The van der Waals surface area contributed by atoms with E-state index in [4.69, 9.17) is 0 Å². The first-order chi connectivity index (χ1) is 10.8. The van der Waals surface area contributed by atoms with E-state index in [0.717, 1.165) is 22.0 Å². The fraction of sp³-hybridized carbons (Fsp3) is 0.118. The van der Waals surface area contributed by atoms with Gasteiger partial charge >= 0.3 is 0 Å². The van der Waals surface area contributed by atoms with Gasteiger partial charge in [-0.2, -0.15) is 0 Å². The molecule has 1 N–H and O–H groups in total. The molecule has 0 unspecified atom stereocenters. The molecule has 4 nitrogen and oxygen atoms in total. The number of rotatable bonds is 5. The molecule has 0 atom stereocenters. The largest absolute Gasteiger partial charge is 0.326 e. The number of hydrogen-bond acceptors (Lipinski definition) is 4. The van der Waals surface area contributed by atoms with Crippen molar-refractivity contribution >= 4 is 22.9 Å². The predicted molar refractivity (Wildman–Crippen MR) is 88.7 cm³/mol. The van der Waals surface area contributed by atoms with Gasteiger partial charge in [0.05, 0.1) is 5.69 Å². The van der Waals surface area contributed by atoms with Crippen molar-refractivity contribution in [1.29, 1.82) is 0 Å². The first kappa shape index (κ1) is 14.4. The van der Waals surface area contributed by atoms with Crippen molar-refractivity contribution in [2.45, 2.75) is 12.8 Å². The molecule has 5 heteroatoms. The van der Waals surface area contributed by atoms with Crippen LogP contribution >= 0.6 is 11.3 Å². The molecule has 0 saturated heterocycles. The van der Waals surface area contributed by atoms with Crippen LogP contribution < -0.4 is 5.32 Å². The minimum Gasteiger partial charge on any atom is -0.326 e. The molecule has 0 fully saturated rings. The Morgan fingerprint density at radius 3 is 2.77 bits per heavy atom. The van der Waals surface area contributed by atoms with Crippen LogP contribution in [0.15, 0.2) is 60.2 Å². The normalized spacial score (nSPS) is 10.4. The molecule has 1 aromatic carbocycles. The van der Waals surface area contributed by atoms with Gasteiger partial charge in [-0.05, 0) is 30.7 Å². The molecule has 0 aliphatic rings. The number of thiazole rings is 1. The summed E-state index contributed by atoms with van der Waals surface area (Å²) in [6.07, 6.45) is 4.59. The minimum atomic E-state index is 0.00197. The molecule has 2 aromatic heterocycles. The molecule has 22 heavy (non-hydrogen) atoms. The van der Waals surface area contributed by atoms with E-state index in [0.29, 0.717) is 12.8 Å². The number of carbonyl (C=O) groups is 1. The highest BCUT2D eigenvalue weighted by molar-refractivity contribution is 7.13. The fourth-order valence-electron chi connectivity index (χ4n) is 2.03. The number of para-hydroxylation sites is 1. The Labute approximate surface area is 132 Å². The molecule has 110 valence electrons.